The summed E-state index contributed by atoms with van der Waals surface area (Å²) in [6.07, 6.45) is 2.41. The normalized spacial score (nSPS) is 14.9. The Kier molecular flexibility index (Phi) is 5.53. The summed E-state index contributed by atoms with van der Waals surface area (Å²) in [5.41, 5.74) is 2.01. The highest BCUT2D eigenvalue weighted by molar-refractivity contribution is 9.10. The second-order valence-corrected chi connectivity index (χ2v) is 6.94. The van der Waals surface area contributed by atoms with Crippen molar-refractivity contribution < 1.29 is 9.53 Å². The van der Waals surface area contributed by atoms with E-state index in [1.807, 2.05) is 36.4 Å². The zero-order valence-electron chi connectivity index (χ0n) is 13.6. The highest BCUT2D eigenvalue weighted by Gasteiger charge is 2.32. The number of anilines is 1. The zero-order valence-corrected chi connectivity index (χ0v) is 15.2. The van der Waals surface area contributed by atoms with Crippen molar-refractivity contribution in [1.29, 1.82) is 0 Å². The van der Waals surface area contributed by atoms with Crippen molar-refractivity contribution in [2.75, 3.05) is 19.0 Å². The number of amides is 1. The van der Waals surface area contributed by atoms with Crippen LogP contribution in [0.15, 0.2) is 53.0 Å². The first-order valence-corrected chi connectivity index (χ1v) is 8.88. The van der Waals surface area contributed by atoms with Gasteiger partial charge in [0.05, 0.1) is 13.7 Å². The topological polar surface area (TPSA) is 50.4 Å². The summed E-state index contributed by atoms with van der Waals surface area (Å²) >= 11 is 3.39. The average molecular weight is 389 g/mol. The smallest absolute Gasteiger partial charge is 0.238 e. The number of nitrogens with one attached hydrogen (secondary N) is 2. The molecule has 5 heteroatoms. The molecule has 0 spiro atoms. The number of halogens is 1. The molecule has 24 heavy (non-hydrogen) atoms. The Hall–Kier alpha value is -1.85. The Morgan fingerprint density at radius 2 is 1.83 bits per heavy atom. The zero-order chi connectivity index (χ0) is 16.9. The van der Waals surface area contributed by atoms with Gasteiger partial charge in [-0.2, -0.15) is 0 Å². The van der Waals surface area contributed by atoms with E-state index in [0.29, 0.717) is 12.5 Å². The second kappa shape index (κ2) is 7.81. The van der Waals surface area contributed by atoms with E-state index in [9.17, 15) is 4.79 Å². The monoisotopic (exact) mass is 388 g/mol. The summed E-state index contributed by atoms with van der Waals surface area (Å²) in [5, 5.41) is 6.32. The Balaban J connectivity index is 1.57. The number of benzene rings is 2. The first kappa shape index (κ1) is 17.0. The molecular formula is C19H21BrN2O2. The number of carbonyl (C=O) groups is 1. The van der Waals surface area contributed by atoms with E-state index >= 15 is 0 Å². The Morgan fingerprint density at radius 3 is 2.42 bits per heavy atom. The van der Waals surface area contributed by atoms with E-state index in [0.717, 1.165) is 15.9 Å². The molecule has 2 aromatic rings. The minimum absolute atomic E-state index is 0.0310. The lowest BCUT2D eigenvalue weighted by molar-refractivity contribution is -0.115. The number of ether oxygens (including phenoxy) is 1. The SMILES string of the molecule is COc1ccc(C(NCC(=O)Nc2ccc(Br)cc2)C2CC2)cc1. The van der Waals surface area contributed by atoms with E-state index in [-0.39, 0.29) is 11.9 Å². The van der Waals surface area contributed by atoms with E-state index < -0.39 is 0 Å². The van der Waals surface area contributed by atoms with Crippen LogP contribution in [0.25, 0.3) is 0 Å². The summed E-state index contributed by atoms with van der Waals surface area (Å²) in [7, 11) is 1.66. The maximum Gasteiger partial charge on any atom is 0.238 e. The average Bonchev–Trinajstić information content (AvgIpc) is 3.43. The van der Waals surface area contributed by atoms with Crippen molar-refractivity contribution in [3.63, 3.8) is 0 Å². The number of rotatable bonds is 7. The van der Waals surface area contributed by atoms with Crippen molar-refractivity contribution in [2.24, 2.45) is 5.92 Å². The third kappa shape index (κ3) is 4.58. The molecule has 3 rings (SSSR count). The molecule has 4 nitrogen and oxygen atoms in total. The van der Waals surface area contributed by atoms with E-state index in [2.05, 4.69) is 38.7 Å². The second-order valence-electron chi connectivity index (χ2n) is 6.02. The first-order chi connectivity index (χ1) is 11.7. The van der Waals surface area contributed by atoms with Crippen LogP contribution in [0.4, 0.5) is 5.69 Å². The molecular weight excluding hydrogens is 368 g/mol. The highest BCUT2D eigenvalue weighted by Crippen LogP contribution is 2.41. The maximum absolute atomic E-state index is 12.2. The predicted octanol–water partition coefficient (Wildman–Crippen LogP) is 4.14. The molecule has 1 unspecified atom stereocenters. The fourth-order valence-electron chi connectivity index (χ4n) is 2.74. The van der Waals surface area contributed by atoms with Gasteiger partial charge in [-0.3, -0.25) is 4.79 Å². The molecule has 0 bridgehead atoms. The quantitative estimate of drug-likeness (QED) is 0.749. The lowest BCUT2D eigenvalue weighted by Crippen LogP contribution is -2.32. The Morgan fingerprint density at radius 1 is 1.17 bits per heavy atom. The third-order valence-electron chi connectivity index (χ3n) is 4.18. The summed E-state index contributed by atoms with van der Waals surface area (Å²) in [4.78, 5) is 12.2. The van der Waals surface area contributed by atoms with Gasteiger partial charge in [0.2, 0.25) is 5.91 Å². The van der Waals surface area contributed by atoms with Crippen molar-refractivity contribution in [2.45, 2.75) is 18.9 Å². The number of carbonyl (C=O) groups excluding carboxylic acids is 1. The highest BCUT2D eigenvalue weighted by atomic mass is 79.9. The van der Waals surface area contributed by atoms with Gasteiger partial charge in [0.1, 0.15) is 5.75 Å². The number of hydrogen-bond donors (Lipinski definition) is 2. The van der Waals surface area contributed by atoms with Gasteiger partial charge >= 0.3 is 0 Å². The molecule has 0 heterocycles. The van der Waals surface area contributed by atoms with Crippen LogP contribution in [-0.4, -0.2) is 19.6 Å². The molecule has 0 aromatic heterocycles. The van der Waals surface area contributed by atoms with Gasteiger partial charge in [0, 0.05) is 16.2 Å². The molecule has 0 radical (unpaired) electrons. The van der Waals surface area contributed by atoms with Crippen LogP contribution < -0.4 is 15.4 Å². The molecule has 1 aliphatic carbocycles. The van der Waals surface area contributed by atoms with Crippen molar-refractivity contribution in [1.82, 2.24) is 5.32 Å². The van der Waals surface area contributed by atoms with Crippen LogP contribution in [0, 0.1) is 5.92 Å². The standard InChI is InChI=1S/C19H21BrN2O2/c1-24-17-10-4-14(5-11-17)19(13-2-3-13)21-12-18(23)22-16-8-6-15(20)7-9-16/h4-11,13,19,21H,2-3,12H2,1H3,(H,22,23). The fourth-order valence-corrected chi connectivity index (χ4v) is 3.00. The van der Waals surface area contributed by atoms with Gasteiger partial charge in [-0.05, 0) is 60.7 Å². The molecule has 2 aromatic carbocycles. The van der Waals surface area contributed by atoms with Gasteiger partial charge in [0.15, 0.2) is 0 Å². The van der Waals surface area contributed by atoms with Crippen LogP contribution in [0.3, 0.4) is 0 Å². The molecule has 1 amide bonds. The van der Waals surface area contributed by atoms with Crippen molar-refractivity contribution in [3.05, 3.63) is 58.6 Å². The molecule has 0 aliphatic heterocycles. The minimum Gasteiger partial charge on any atom is -0.497 e. The Bertz CT molecular complexity index is 682. The van der Waals surface area contributed by atoms with Crippen LogP contribution in [-0.2, 0) is 4.79 Å². The molecule has 2 N–H and O–H groups in total. The molecule has 126 valence electrons. The summed E-state index contributed by atoms with van der Waals surface area (Å²) < 4.78 is 6.20. The molecule has 1 fully saturated rings. The van der Waals surface area contributed by atoms with Crippen LogP contribution in [0.2, 0.25) is 0 Å². The molecule has 0 saturated heterocycles. The summed E-state index contributed by atoms with van der Waals surface area (Å²) in [5.74, 6) is 1.43. The lowest BCUT2D eigenvalue weighted by Gasteiger charge is -2.19. The van der Waals surface area contributed by atoms with Crippen LogP contribution in [0.1, 0.15) is 24.4 Å². The third-order valence-corrected chi connectivity index (χ3v) is 4.71. The van der Waals surface area contributed by atoms with E-state index in [1.54, 1.807) is 7.11 Å². The van der Waals surface area contributed by atoms with Gasteiger partial charge in [0.25, 0.3) is 0 Å². The Labute approximate surface area is 150 Å². The largest absolute Gasteiger partial charge is 0.497 e. The predicted molar refractivity (Wildman–Crippen MR) is 99.2 cm³/mol. The lowest BCUT2D eigenvalue weighted by atomic mass is 10.0. The number of hydrogen-bond acceptors (Lipinski definition) is 3. The van der Waals surface area contributed by atoms with Crippen molar-refractivity contribution in [3.8, 4) is 5.75 Å². The van der Waals surface area contributed by atoms with E-state index in [4.69, 9.17) is 4.74 Å². The fraction of sp³-hybridized carbons (Fsp3) is 0.316. The molecule has 1 atom stereocenters. The first-order valence-electron chi connectivity index (χ1n) is 8.08. The van der Waals surface area contributed by atoms with Crippen molar-refractivity contribution >= 4 is 27.5 Å². The van der Waals surface area contributed by atoms with Gasteiger partial charge in [-0.15, -0.1) is 0 Å². The molecule has 1 aliphatic rings. The van der Waals surface area contributed by atoms with Gasteiger partial charge in [-0.1, -0.05) is 28.1 Å². The number of methoxy groups -OCH3 is 1. The maximum atomic E-state index is 12.2. The van der Waals surface area contributed by atoms with Gasteiger partial charge < -0.3 is 15.4 Å². The molecule has 1 saturated carbocycles. The van der Waals surface area contributed by atoms with Crippen LogP contribution >= 0.6 is 15.9 Å². The minimum atomic E-state index is -0.0310. The summed E-state index contributed by atoms with van der Waals surface area (Å²) in [6, 6.07) is 15.9. The van der Waals surface area contributed by atoms with E-state index in [1.165, 1.54) is 18.4 Å². The summed E-state index contributed by atoms with van der Waals surface area (Å²) in [6.45, 7) is 0.295. The van der Waals surface area contributed by atoms with Gasteiger partial charge in [-0.25, -0.2) is 0 Å². The van der Waals surface area contributed by atoms with Crippen LogP contribution in [0.5, 0.6) is 5.75 Å².